The van der Waals surface area contributed by atoms with Crippen molar-refractivity contribution >= 4 is 5.91 Å². The molecule has 1 aliphatic heterocycles. The number of methoxy groups -OCH3 is 1. The molecule has 0 spiro atoms. The first-order chi connectivity index (χ1) is 8.77. The second-order valence-corrected chi connectivity index (χ2v) is 5.57. The zero-order chi connectivity index (χ0) is 13.0. The summed E-state index contributed by atoms with van der Waals surface area (Å²) in [5, 5.41) is 3.42. The van der Waals surface area contributed by atoms with Gasteiger partial charge in [-0.3, -0.25) is 10.1 Å². The van der Waals surface area contributed by atoms with Gasteiger partial charge in [-0.05, 0) is 25.2 Å². The number of carbonyl (C=O) groups excluding carboxylic acids is 1. The summed E-state index contributed by atoms with van der Waals surface area (Å²) in [4.78, 5) is 14.2. The first kappa shape index (κ1) is 13.8. The highest BCUT2D eigenvalue weighted by atomic mass is 16.5. The summed E-state index contributed by atoms with van der Waals surface area (Å²) < 4.78 is 5.31. The van der Waals surface area contributed by atoms with Crippen LogP contribution in [0.3, 0.4) is 0 Å². The molecular weight excluding hydrogens is 228 g/mol. The quantitative estimate of drug-likeness (QED) is 0.785. The van der Waals surface area contributed by atoms with E-state index in [0.29, 0.717) is 19.1 Å². The SMILES string of the molecule is CCCC(COC)N1C(=O)CNC1C1CCCC1. The standard InChI is InChI=1S/C14H26N2O2/c1-3-6-12(10-18-2)16-13(17)9-15-14(16)11-7-4-5-8-11/h11-12,14-15H,3-10H2,1-2H3. The Morgan fingerprint density at radius 1 is 1.44 bits per heavy atom. The Kier molecular flexibility index (Phi) is 5.01. The molecule has 1 saturated carbocycles. The molecule has 18 heavy (non-hydrogen) atoms. The van der Waals surface area contributed by atoms with E-state index in [-0.39, 0.29) is 18.1 Å². The number of carbonyl (C=O) groups is 1. The van der Waals surface area contributed by atoms with Crippen molar-refractivity contribution in [3.05, 3.63) is 0 Å². The number of hydrogen-bond donors (Lipinski definition) is 1. The molecule has 2 rings (SSSR count). The van der Waals surface area contributed by atoms with Crippen molar-refractivity contribution in [2.75, 3.05) is 20.3 Å². The normalized spacial score (nSPS) is 27.1. The minimum Gasteiger partial charge on any atom is -0.383 e. The Labute approximate surface area is 110 Å². The predicted octanol–water partition coefficient (Wildman–Crippen LogP) is 1.75. The van der Waals surface area contributed by atoms with Gasteiger partial charge < -0.3 is 9.64 Å². The van der Waals surface area contributed by atoms with Crippen LogP contribution in [0.25, 0.3) is 0 Å². The van der Waals surface area contributed by atoms with Crippen LogP contribution in [0.4, 0.5) is 0 Å². The van der Waals surface area contributed by atoms with Gasteiger partial charge in [-0.1, -0.05) is 26.2 Å². The van der Waals surface area contributed by atoms with Gasteiger partial charge in [-0.15, -0.1) is 0 Å². The zero-order valence-corrected chi connectivity index (χ0v) is 11.7. The minimum atomic E-state index is 0.244. The van der Waals surface area contributed by atoms with Gasteiger partial charge in [0.1, 0.15) is 0 Å². The molecule has 0 aromatic carbocycles. The van der Waals surface area contributed by atoms with E-state index in [1.54, 1.807) is 7.11 Å². The van der Waals surface area contributed by atoms with Gasteiger partial charge in [0.15, 0.2) is 0 Å². The topological polar surface area (TPSA) is 41.6 Å². The lowest BCUT2D eigenvalue weighted by Gasteiger charge is -2.35. The van der Waals surface area contributed by atoms with E-state index >= 15 is 0 Å². The largest absolute Gasteiger partial charge is 0.383 e. The molecule has 2 unspecified atom stereocenters. The van der Waals surface area contributed by atoms with Gasteiger partial charge in [0.2, 0.25) is 5.91 Å². The summed E-state index contributed by atoms with van der Waals surface area (Å²) >= 11 is 0. The third kappa shape index (κ3) is 2.86. The molecule has 4 nitrogen and oxygen atoms in total. The molecule has 104 valence electrons. The van der Waals surface area contributed by atoms with E-state index in [2.05, 4.69) is 17.1 Å². The molecule has 0 aromatic heterocycles. The molecule has 0 aromatic rings. The molecule has 4 heteroatoms. The molecule has 1 amide bonds. The fourth-order valence-corrected chi connectivity index (χ4v) is 3.46. The Hall–Kier alpha value is -0.610. The summed E-state index contributed by atoms with van der Waals surface area (Å²) in [7, 11) is 1.72. The van der Waals surface area contributed by atoms with Crippen LogP contribution < -0.4 is 5.32 Å². The van der Waals surface area contributed by atoms with Crippen molar-refractivity contribution < 1.29 is 9.53 Å². The van der Waals surface area contributed by atoms with Crippen LogP contribution >= 0.6 is 0 Å². The minimum absolute atomic E-state index is 0.244. The first-order valence-electron chi connectivity index (χ1n) is 7.31. The van der Waals surface area contributed by atoms with Gasteiger partial charge >= 0.3 is 0 Å². The second-order valence-electron chi connectivity index (χ2n) is 5.57. The summed E-state index contributed by atoms with van der Waals surface area (Å²) in [6.07, 6.45) is 7.52. The molecule has 2 fully saturated rings. The highest BCUT2D eigenvalue weighted by molar-refractivity contribution is 5.81. The molecule has 2 atom stereocenters. The maximum Gasteiger partial charge on any atom is 0.238 e. The fraction of sp³-hybridized carbons (Fsp3) is 0.929. The fourth-order valence-electron chi connectivity index (χ4n) is 3.46. The lowest BCUT2D eigenvalue weighted by atomic mass is 10.0. The lowest BCUT2D eigenvalue weighted by molar-refractivity contribution is -0.132. The Morgan fingerprint density at radius 3 is 2.78 bits per heavy atom. The van der Waals surface area contributed by atoms with E-state index in [1.165, 1.54) is 25.7 Å². The van der Waals surface area contributed by atoms with Crippen molar-refractivity contribution in [1.82, 2.24) is 10.2 Å². The van der Waals surface area contributed by atoms with Crippen LogP contribution in [-0.4, -0.2) is 43.3 Å². The monoisotopic (exact) mass is 254 g/mol. The molecule has 0 bridgehead atoms. The number of rotatable bonds is 6. The van der Waals surface area contributed by atoms with Gasteiger partial charge in [0.05, 0.1) is 25.4 Å². The molecule has 1 heterocycles. The van der Waals surface area contributed by atoms with Crippen molar-refractivity contribution in [2.45, 2.75) is 57.7 Å². The number of amides is 1. The number of hydrogen-bond acceptors (Lipinski definition) is 3. The summed E-state index contributed by atoms with van der Waals surface area (Å²) in [6.45, 7) is 3.33. The Balaban J connectivity index is 2.06. The highest BCUT2D eigenvalue weighted by Crippen LogP contribution is 2.32. The van der Waals surface area contributed by atoms with Crippen LogP contribution in [0.5, 0.6) is 0 Å². The Bertz CT molecular complexity index is 271. The predicted molar refractivity (Wildman–Crippen MR) is 71.2 cm³/mol. The molecule has 1 N–H and O–H groups in total. The van der Waals surface area contributed by atoms with Crippen LogP contribution in [-0.2, 0) is 9.53 Å². The molecule has 2 aliphatic rings. The highest BCUT2D eigenvalue weighted by Gasteiger charge is 2.40. The van der Waals surface area contributed by atoms with Crippen LogP contribution in [0.2, 0.25) is 0 Å². The zero-order valence-electron chi connectivity index (χ0n) is 11.7. The van der Waals surface area contributed by atoms with Gasteiger partial charge in [-0.2, -0.15) is 0 Å². The van der Waals surface area contributed by atoms with E-state index in [1.807, 2.05) is 0 Å². The number of nitrogens with one attached hydrogen (secondary N) is 1. The van der Waals surface area contributed by atoms with Crippen molar-refractivity contribution in [3.63, 3.8) is 0 Å². The third-order valence-electron chi connectivity index (χ3n) is 4.27. The third-order valence-corrected chi connectivity index (χ3v) is 4.27. The van der Waals surface area contributed by atoms with Gasteiger partial charge in [-0.25, -0.2) is 0 Å². The first-order valence-corrected chi connectivity index (χ1v) is 7.31. The summed E-state index contributed by atoms with van der Waals surface area (Å²) in [5.74, 6) is 0.898. The van der Waals surface area contributed by atoms with Gasteiger partial charge in [0, 0.05) is 7.11 Å². The molecule has 0 radical (unpaired) electrons. The van der Waals surface area contributed by atoms with Crippen LogP contribution in [0, 0.1) is 5.92 Å². The van der Waals surface area contributed by atoms with Crippen LogP contribution in [0.1, 0.15) is 45.4 Å². The van der Waals surface area contributed by atoms with E-state index in [9.17, 15) is 4.79 Å². The number of nitrogens with zero attached hydrogens (tertiary/aromatic N) is 1. The average Bonchev–Trinajstić information content (AvgIpc) is 2.97. The van der Waals surface area contributed by atoms with Gasteiger partial charge in [0.25, 0.3) is 0 Å². The van der Waals surface area contributed by atoms with E-state index < -0.39 is 0 Å². The molecule has 1 aliphatic carbocycles. The van der Waals surface area contributed by atoms with Crippen molar-refractivity contribution in [1.29, 1.82) is 0 Å². The summed E-state index contributed by atoms with van der Waals surface area (Å²) in [6, 6.07) is 0.244. The summed E-state index contributed by atoms with van der Waals surface area (Å²) in [5.41, 5.74) is 0. The Morgan fingerprint density at radius 2 is 2.17 bits per heavy atom. The second kappa shape index (κ2) is 6.53. The maximum atomic E-state index is 12.1. The average molecular weight is 254 g/mol. The maximum absolute atomic E-state index is 12.1. The van der Waals surface area contributed by atoms with Crippen molar-refractivity contribution in [3.8, 4) is 0 Å². The van der Waals surface area contributed by atoms with E-state index in [0.717, 1.165) is 12.8 Å². The van der Waals surface area contributed by atoms with Crippen LogP contribution in [0.15, 0.2) is 0 Å². The van der Waals surface area contributed by atoms with E-state index in [4.69, 9.17) is 4.74 Å². The van der Waals surface area contributed by atoms with Crippen molar-refractivity contribution in [2.24, 2.45) is 5.92 Å². The number of ether oxygens (including phenoxy) is 1. The molecular formula is C14H26N2O2. The molecule has 1 saturated heterocycles. The smallest absolute Gasteiger partial charge is 0.238 e. The lowest BCUT2D eigenvalue weighted by Crippen LogP contribution is -2.49.